The summed E-state index contributed by atoms with van der Waals surface area (Å²) in [6, 6.07) is 4.67. The summed E-state index contributed by atoms with van der Waals surface area (Å²) in [5.41, 5.74) is 7.98. The minimum Gasteiger partial charge on any atom is -0.268 e. The van der Waals surface area contributed by atoms with E-state index >= 15 is 0 Å². The fourth-order valence-electron chi connectivity index (χ4n) is 3.09. The molecule has 1 aromatic carbocycles. The Morgan fingerprint density at radius 2 is 1.76 bits per heavy atom. The normalized spacial score (nSPS) is 17.2. The van der Waals surface area contributed by atoms with Crippen molar-refractivity contribution in [2.24, 2.45) is 5.41 Å². The Kier molecular flexibility index (Phi) is 3.51. The van der Waals surface area contributed by atoms with Crippen LogP contribution in [0.15, 0.2) is 12.1 Å². The molecule has 0 heterocycles. The SMILES string of the molecule is CC(C)(C)C1=[C-]Cc2ccc3c(c21)CCC3.[Hf]. The van der Waals surface area contributed by atoms with E-state index in [1.54, 1.807) is 16.7 Å². The molecule has 0 N–H and O–H groups in total. The van der Waals surface area contributed by atoms with Crippen molar-refractivity contribution < 1.29 is 25.8 Å². The molecule has 0 radical (unpaired) electrons. The van der Waals surface area contributed by atoms with Crippen LogP contribution in [-0.2, 0) is 45.1 Å². The van der Waals surface area contributed by atoms with Gasteiger partial charge in [-0.3, -0.25) is 6.08 Å². The van der Waals surface area contributed by atoms with Gasteiger partial charge in [-0.25, -0.2) is 5.57 Å². The predicted octanol–water partition coefficient (Wildman–Crippen LogP) is 3.96. The first-order valence-corrected chi connectivity index (χ1v) is 6.32. The molecule has 1 aromatic rings. The molecule has 0 nitrogen and oxygen atoms in total. The first-order valence-electron chi connectivity index (χ1n) is 6.32. The van der Waals surface area contributed by atoms with E-state index < -0.39 is 0 Å². The zero-order valence-electron chi connectivity index (χ0n) is 11.0. The molecule has 1 heteroatoms. The van der Waals surface area contributed by atoms with E-state index in [1.807, 2.05) is 0 Å². The summed E-state index contributed by atoms with van der Waals surface area (Å²) in [5, 5.41) is 0. The molecule has 0 amide bonds. The maximum absolute atomic E-state index is 3.61. The Hall–Kier alpha value is -0.170. The third kappa shape index (κ3) is 2.12. The van der Waals surface area contributed by atoms with Crippen molar-refractivity contribution in [1.29, 1.82) is 0 Å². The molecular formula is C16H19Hf-. The number of aryl methyl sites for hydroxylation is 1. The third-order valence-corrected chi connectivity index (χ3v) is 3.82. The summed E-state index contributed by atoms with van der Waals surface area (Å²) in [4.78, 5) is 0. The predicted molar refractivity (Wildman–Crippen MR) is 68.3 cm³/mol. The Morgan fingerprint density at radius 1 is 1.06 bits per heavy atom. The van der Waals surface area contributed by atoms with Crippen molar-refractivity contribution in [3.8, 4) is 0 Å². The summed E-state index contributed by atoms with van der Waals surface area (Å²) in [7, 11) is 0. The smallest absolute Gasteiger partial charge is 0 e. The molecule has 0 saturated heterocycles. The summed E-state index contributed by atoms with van der Waals surface area (Å²) in [6.07, 6.45) is 8.52. The molecule has 0 spiro atoms. The number of hydrogen-bond acceptors (Lipinski definition) is 0. The molecule has 17 heavy (non-hydrogen) atoms. The van der Waals surface area contributed by atoms with Gasteiger partial charge in [0.15, 0.2) is 0 Å². The molecule has 0 unspecified atom stereocenters. The largest absolute Gasteiger partial charge is 0.268 e. The van der Waals surface area contributed by atoms with Crippen molar-refractivity contribution >= 4 is 5.57 Å². The fourth-order valence-corrected chi connectivity index (χ4v) is 3.09. The number of benzene rings is 1. The van der Waals surface area contributed by atoms with Crippen molar-refractivity contribution in [1.82, 2.24) is 0 Å². The molecule has 3 rings (SSSR count). The van der Waals surface area contributed by atoms with E-state index in [0.29, 0.717) is 0 Å². The Bertz CT molecular complexity index is 475. The minimum atomic E-state index is 0. The molecule has 0 saturated carbocycles. The molecule has 0 aliphatic heterocycles. The second-order valence-electron chi connectivity index (χ2n) is 6.07. The summed E-state index contributed by atoms with van der Waals surface area (Å²) in [5.74, 6) is 0. The van der Waals surface area contributed by atoms with Gasteiger partial charge in [0.05, 0.1) is 0 Å². The van der Waals surface area contributed by atoms with Gasteiger partial charge >= 0.3 is 0 Å². The average molecular weight is 390 g/mol. The van der Waals surface area contributed by atoms with Gasteiger partial charge in [0.1, 0.15) is 0 Å². The fraction of sp³-hybridized carbons (Fsp3) is 0.500. The Labute approximate surface area is 123 Å². The van der Waals surface area contributed by atoms with E-state index in [4.69, 9.17) is 0 Å². The van der Waals surface area contributed by atoms with Crippen LogP contribution in [0.2, 0.25) is 0 Å². The third-order valence-electron chi connectivity index (χ3n) is 3.82. The topological polar surface area (TPSA) is 0 Å². The Balaban J connectivity index is 0.00000108. The molecule has 2 aliphatic rings. The van der Waals surface area contributed by atoms with E-state index in [9.17, 15) is 0 Å². The van der Waals surface area contributed by atoms with E-state index in [-0.39, 0.29) is 31.3 Å². The van der Waals surface area contributed by atoms with Crippen LogP contribution < -0.4 is 0 Å². The second-order valence-corrected chi connectivity index (χ2v) is 6.07. The van der Waals surface area contributed by atoms with Crippen LogP contribution in [0, 0.1) is 11.5 Å². The summed E-state index contributed by atoms with van der Waals surface area (Å²) < 4.78 is 0. The molecular weight excluding hydrogens is 371 g/mol. The molecule has 0 fully saturated rings. The van der Waals surface area contributed by atoms with Gasteiger partial charge in [0, 0.05) is 25.8 Å². The first kappa shape index (κ1) is 13.3. The van der Waals surface area contributed by atoms with Crippen LogP contribution >= 0.6 is 0 Å². The van der Waals surface area contributed by atoms with Crippen LogP contribution in [0.25, 0.3) is 5.57 Å². The van der Waals surface area contributed by atoms with Crippen molar-refractivity contribution in [3.63, 3.8) is 0 Å². The first-order chi connectivity index (χ1) is 7.57. The van der Waals surface area contributed by atoms with Gasteiger partial charge in [-0.05, 0) is 24.7 Å². The number of hydrogen-bond donors (Lipinski definition) is 0. The quantitative estimate of drug-likeness (QED) is 0.465. The summed E-state index contributed by atoms with van der Waals surface area (Å²) in [6.45, 7) is 6.91. The molecule has 88 valence electrons. The van der Waals surface area contributed by atoms with E-state index in [2.05, 4.69) is 39.0 Å². The van der Waals surface area contributed by atoms with Gasteiger partial charge in [-0.1, -0.05) is 38.5 Å². The monoisotopic (exact) mass is 391 g/mol. The maximum Gasteiger partial charge on any atom is 0 e. The van der Waals surface area contributed by atoms with Crippen LogP contribution in [0.5, 0.6) is 0 Å². The maximum atomic E-state index is 3.61. The van der Waals surface area contributed by atoms with Crippen molar-refractivity contribution in [3.05, 3.63) is 40.5 Å². The molecule has 2 aliphatic carbocycles. The standard InChI is InChI=1S/C16H19.Hf/c1-16(2,3)14-10-9-12-8-7-11-5-4-6-13(11)15(12)14;/h7-8H,4-6,9H2,1-3H3;/q-1;. The summed E-state index contributed by atoms with van der Waals surface area (Å²) >= 11 is 0. The Morgan fingerprint density at radius 3 is 2.47 bits per heavy atom. The molecule has 0 bridgehead atoms. The van der Waals surface area contributed by atoms with E-state index in [0.717, 1.165) is 6.42 Å². The van der Waals surface area contributed by atoms with Crippen LogP contribution in [0.4, 0.5) is 0 Å². The van der Waals surface area contributed by atoms with Gasteiger partial charge in [0.2, 0.25) is 0 Å². The van der Waals surface area contributed by atoms with Gasteiger partial charge < -0.3 is 0 Å². The van der Waals surface area contributed by atoms with Gasteiger partial charge in [-0.2, -0.15) is 5.56 Å². The zero-order valence-corrected chi connectivity index (χ0v) is 14.6. The zero-order chi connectivity index (χ0) is 11.3. The van der Waals surface area contributed by atoms with Crippen molar-refractivity contribution in [2.45, 2.75) is 46.5 Å². The van der Waals surface area contributed by atoms with Crippen LogP contribution in [0.1, 0.15) is 49.4 Å². The van der Waals surface area contributed by atoms with E-state index in [1.165, 1.54) is 30.4 Å². The average Bonchev–Trinajstić information content (AvgIpc) is 2.81. The van der Waals surface area contributed by atoms with Gasteiger partial charge in [-0.15, -0.1) is 17.5 Å². The van der Waals surface area contributed by atoms with Gasteiger partial charge in [0.25, 0.3) is 0 Å². The van der Waals surface area contributed by atoms with Crippen LogP contribution in [0.3, 0.4) is 0 Å². The number of allylic oxidation sites excluding steroid dienone is 2. The minimum absolute atomic E-state index is 0. The van der Waals surface area contributed by atoms with Crippen molar-refractivity contribution in [2.75, 3.05) is 0 Å². The molecule has 0 atom stereocenters. The second kappa shape index (κ2) is 4.50. The van der Waals surface area contributed by atoms with Crippen LogP contribution in [-0.4, -0.2) is 0 Å². The number of rotatable bonds is 0. The number of fused-ring (bicyclic) bond motifs is 3. The molecule has 0 aromatic heterocycles.